The van der Waals surface area contributed by atoms with Crippen LogP contribution >= 0.6 is 0 Å². The first-order valence-corrected chi connectivity index (χ1v) is 6.87. The van der Waals surface area contributed by atoms with E-state index in [9.17, 15) is 4.79 Å². The Labute approximate surface area is 110 Å². The fourth-order valence-electron chi connectivity index (χ4n) is 2.84. The maximum Gasteiger partial charge on any atom is 0.180 e. The van der Waals surface area contributed by atoms with Gasteiger partial charge in [-0.1, -0.05) is 12.5 Å². The molecule has 2 rings (SSSR count). The van der Waals surface area contributed by atoms with E-state index in [0.717, 1.165) is 36.1 Å². The summed E-state index contributed by atoms with van der Waals surface area (Å²) in [5.41, 5.74) is 5.69. The summed E-state index contributed by atoms with van der Waals surface area (Å²) in [6, 6.07) is 2.20. The van der Waals surface area contributed by atoms with Crippen molar-refractivity contribution in [1.29, 1.82) is 0 Å². The monoisotopic (exact) mass is 245 g/mol. The van der Waals surface area contributed by atoms with Gasteiger partial charge < -0.3 is 5.32 Å². The minimum atomic E-state index is 0.0253. The molecule has 0 bridgehead atoms. The van der Waals surface area contributed by atoms with E-state index in [1.165, 1.54) is 17.5 Å². The fraction of sp³-hybridized carbons (Fsp3) is 0.562. The Morgan fingerprint density at radius 2 is 1.72 bits per heavy atom. The summed E-state index contributed by atoms with van der Waals surface area (Å²) in [6.45, 7) is 9.29. The van der Waals surface area contributed by atoms with Crippen LogP contribution in [0.3, 0.4) is 0 Å². The number of Topliss-reactive ketones (excluding diaryl/α,β-unsaturated/α-hetero) is 1. The predicted molar refractivity (Wildman–Crippen MR) is 75.4 cm³/mol. The molecule has 1 aliphatic rings. The third-order valence-corrected chi connectivity index (χ3v) is 4.24. The molecule has 0 amide bonds. The molecule has 0 aliphatic carbocycles. The quantitative estimate of drug-likeness (QED) is 0.810. The molecule has 1 saturated heterocycles. The van der Waals surface area contributed by atoms with E-state index in [0.29, 0.717) is 0 Å². The average molecular weight is 245 g/mol. The van der Waals surface area contributed by atoms with Crippen molar-refractivity contribution < 1.29 is 4.79 Å². The SMILES string of the molecule is Cc1cc(C)c(C)c(C(=O)C2CCCCN2)c1C. The molecule has 2 heteroatoms. The van der Waals surface area contributed by atoms with E-state index < -0.39 is 0 Å². The topological polar surface area (TPSA) is 29.1 Å². The maximum absolute atomic E-state index is 12.7. The van der Waals surface area contributed by atoms with Crippen LogP contribution in [0.5, 0.6) is 0 Å². The van der Waals surface area contributed by atoms with Crippen LogP contribution in [0.25, 0.3) is 0 Å². The highest BCUT2D eigenvalue weighted by molar-refractivity contribution is 6.03. The predicted octanol–water partition coefficient (Wildman–Crippen LogP) is 3.25. The van der Waals surface area contributed by atoms with Crippen molar-refractivity contribution in [2.45, 2.75) is 53.0 Å². The van der Waals surface area contributed by atoms with Crippen LogP contribution in [0.15, 0.2) is 6.07 Å². The lowest BCUT2D eigenvalue weighted by molar-refractivity contribution is 0.0925. The number of nitrogens with one attached hydrogen (secondary N) is 1. The number of benzene rings is 1. The molecule has 1 atom stereocenters. The van der Waals surface area contributed by atoms with Gasteiger partial charge in [-0.25, -0.2) is 0 Å². The Kier molecular flexibility index (Phi) is 3.86. The summed E-state index contributed by atoms with van der Waals surface area (Å²) in [5, 5.41) is 3.36. The summed E-state index contributed by atoms with van der Waals surface area (Å²) >= 11 is 0. The van der Waals surface area contributed by atoms with Gasteiger partial charge >= 0.3 is 0 Å². The van der Waals surface area contributed by atoms with Crippen LogP contribution in [0, 0.1) is 27.7 Å². The number of hydrogen-bond donors (Lipinski definition) is 1. The molecular formula is C16H23NO. The van der Waals surface area contributed by atoms with Crippen molar-refractivity contribution in [3.63, 3.8) is 0 Å². The van der Waals surface area contributed by atoms with E-state index in [4.69, 9.17) is 0 Å². The number of hydrogen-bond acceptors (Lipinski definition) is 2. The summed E-state index contributed by atoms with van der Waals surface area (Å²) in [5.74, 6) is 0.288. The van der Waals surface area contributed by atoms with E-state index in [1.807, 2.05) is 0 Å². The molecule has 1 aliphatic heterocycles. The van der Waals surface area contributed by atoms with Gasteiger partial charge in [-0.15, -0.1) is 0 Å². The molecule has 1 aromatic carbocycles. The molecule has 2 nitrogen and oxygen atoms in total. The molecule has 0 radical (unpaired) electrons. The van der Waals surface area contributed by atoms with Crippen LogP contribution in [0.2, 0.25) is 0 Å². The van der Waals surface area contributed by atoms with E-state index in [1.54, 1.807) is 0 Å². The zero-order chi connectivity index (χ0) is 13.3. The first-order chi connectivity index (χ1) is 8.52. The van der Waals surface area contributed by atoms with E-state index >= 15 is 0 Å². The molecule has 1 unspecified atom stereocenters. The van der Waals surface area contributed by atoms with Crippen LogP contribution in [0.1, 0.15) is 51.9 Å². The van der Waals surface area contributed by atoms with E-state index in [2.05, 4.69) is 39.1 Å². The van der Waals surface area contributed by atoms with Gasteiger partial charge in [0, 0.05) is 5.56 Å². The second-order valence-electron chi connectivity index (χ2n) is 5.50. The second-order valence-corrected chi connectivity index (χ2v) is 5.50. The zero-order valence-corrected chi connectivity index (χ0v) is 11.9. The Morgan fingerprint density at radius 1 is 1.11 bits per heavy atom. The van der Waals surface area contributed by atoms with Crippen LogP contribution in [-0.4, -0.2) is 18.4 Å². The number of aryl methyl sites for hydroxylation is 2. The molecule has 1 fully saturated rings. The van der Waals surface area contributed by atoms with Gasteiger partial charge in [-0.2, -0.15) is 0 Å². The highest BCUT2D eigenvalue weighted by Crippen LogP contribution is 2.24. The first-order valence-electron chi connectivity index (χ1n) is 6.87. The number of carbonyl (C=O) groups excluding carboxylic acids is 1. The fourth-order valence-corrected chi connectivity index (χ4v) is 2.84. The normalized spacial score (nSPS) is 19.9. The molecule has 98 valence electrons. The third-order valence-electron chi connectivity index (χ3n) is 4.24. The number of piperidine rings is 1. The molecule has 0 aromatic heterocycles. The zero-order valence-electron chi connectivity index (χ0n) is 11.9. The van der Waals surface area contributed by atoms with Crippen LogP contribution in [-0.2, 0) is 0 Å². The average Bonchev–Trinajstić information content (AvgIpc) is 2.37. The molecular weight excluding hydrogens is 222 g/mol. The number of carbonyl (C=O) groups is 1. The Balaban J connectivity index is 2.40. The van der Waals surface area contributed by atoms with Crippen molar-refractivity contribution in [1.82, 2.24) is 5.32 Å². The van der Waals surface area contributed by atoms with Gasteiger partial charge in [0.25, 0.3) is 0 Å². The van der Waals surface area contributed by atoms with Crippen LogP contribution < -0.4 is 5.32 Å². The molecule has 1 N–H and O–H groups in total. The van der Waals surface area contributed by atoms with Gasteiger partial charge in [0.1, 0.15) is 0 Å². The second kappa shape index (κ2) is 5.23. The highest BCUT2D eigenvalue weighted by Gasteiger charge is 2.25. The number of ketones is 1. The van der Waals surface area contributed by atoms with Crippen molar-refractivity contribution in [2.24, 2.45) is 0 Å². The van der Waals surface area contributed by atoms with E-state index in [-0.39, 0.29) is 11.8 Å². The highest BCUT2D eigenvalue weighted by atomic mass is 16.1. The Morgan fingerprint density at radius 3 is 2.22 bits per heavy atom. The minimum absolute atomic E-state index is 0.0253. The summed E-state index contributed by atoms with van der Waals surface area (Å²) < 4.78 is 0. The molecule has 0 spiro atoms. The number of rotatable bonds is 2. The molecule has 18 heavy (non-hydrogen) atoms. The van der Waals surface area contributed by atoms with Gasteiger partial charge in [-0.05, 0) is 69.3 Å². The van der Waals surface area contributed by atoms with Crippen molar-refractivity contribution in [3.8, 4) is 0 Å². The van der Waals surface area contributed by atoms with Crippen molar-refractivity contribution in [3.05, 3.63) is 33.9 Å². The molecule has 1 aromatic rings. The lowest BCUT2D eigenvalue weighted by Gasteiger charge is -2.24. The minimum Gasteiger partial charge on any atom is -0.307 e. The van der Waals surface area contributed by atoms with Gasteiger partial charge in [0.2, 0.25) is 0 Å². The lowest BCUT2D eigenvalue weighted by atomic mass is 9.87. The summed E-state index contributed by atoms with van der Waals surface area (Å²) in [6.07, 6.45) is 3.32. The Bertz CT molecular complexity index is 444. The molecule has 1 heterocycles. The molecule has 0 saturated carbocycles. The third kappa shape index (κ3) is 2.35. The van der Waals surface area contributed by atoms with Gasteiger partial charge in [0.05, 0.1) is 6.04 Å². The van der Waals surface area contributed by atoms with Gasteiger partial charge in [0.15, 0.2) is 5.78 Å². The first kappa shape index (κ1) is 13.3. The smallest absolute Gasteiger partial charge is 0.180 e. The lowest BCUT2D eigenvalue weighted by Crippen LogP contribution is -2.41. The van der Waals surface area contributed by atoms with Gasteiger partial charge in [-0.3, -0.25) is 4.79 Å². The van der Waals surface area contributed by atoms with Crippen molar-refractivity contribution >= 4 is 5.78 Å². The largest absolute Gasteiger partial charge is 0.307 e. The summed E-state index contributed by atoms with van der Waals surface area (Å²) in [7, 11) is 0. The summed E-state index contributed by atoms with van der Waals surface area (Å²) in [4.78, 5) is 12.7. The Hall–Kier alpha value is -1.15. The van der Waals surface area contributed by atoms with Crippen LogP contribution in [0.4, 0.5) is 0 Å². The standard InChI is InChI=1S/C16H23NO/c1-10-9-11(2)13(4)15(12(10)3)16(18)14-7-5-6-8-17-14/h9,14,17H,5-8H2,1-4H3. The van der Waals surface area contributed by atoms with Crippen molar-refractivity contribution in [2.75, 3.05) is 6.54 Å². The maximum atomic E-state index is 12.7.